The number of piperidine rings is 1. The first-order valence-corrected chi connectivity index (χ1v) is 6.96. The Morgan fingerprint density at radius 3 is 2.71 bits per heavy atom. The van der Waals surface area contributed by atoms with E-state index in [0.29, 0.717) is 17.5 Å². The molecule has 1 saturated heterocycles. The van der Waals surface area contributed by atoms with Crippen LogP contribution in [-0.4, -0.2) is 16.4 Å². The smallest absolute Gasteiger partial charge is 0.407 e. The van der Waals surface area contributed by atoms with Gasteiger partial charge >= 0.3 is 5.76 Å². The zero-order chi connectivity index (χ0) is 15.1. The molecular weight excluding hydrogens is 272 g/mol. The van der Waals surface area contributed by atoms with Gasteiger partial charge in [0.15, 0.2) is 5.58 Å². The van der Waals surface area contributed by atoms with E-state index in [0.717, 1.165) is 5.56 Å². The summed E-state index contributed by atoms with van der Waals surface area (Å²) in [6.45, 7) is 4.02. The van der Waals surface area contributed by atoms with Crippen LogP contribution in [0.5, 0.6) is 0 Å². The highest BCUT2D eigenvalue weighted by atomic mass is 16.4. The molecule has 110 valence electrons. The van der Waals surface area contributed by atoms with Crippen LogP contribution in [-0.2, 0) is 9.59 Å². The molecule has 0 spiro atoms. The molecule has 1 N–H and O–H groups in total. The van der Waals surface area contributed by atoms with Crippen molar-refractivity contribution in [1.82, 2.24) is 9.88 Å². The maximum Gasteiger partial charge on any atom is 0.420 e. The third-order valence-electron chi connectivity index (χ3n) is 3.81. The Morgan fingerprint density at radius 2 is 2.05 bits per heavy atom. The fourth-order valence-corrected chi connectivity index (χ4v) is 2.76. The predicted molar refractivity (Wildman–Crippen MR) is 76.0 cm³/mol. The largest absolute Gasteiger partial charge is 0.420 e. The number of nitrogens with zero attached hydrogens (tertiary/aromatic N) is 1. The number of carbonyl (C=O) groups excluding carboxylic acids is 2. The lowest BCUT2D eigenvalue weighted by atomic mass is 10.0. The third kappa shape index (κ3) is 2.16. The number of aromatic nitrogens is 1. The number of nitrogens with one attached hydrogen (secondary N) is 1. The molecule has 1 aromatic carbocycles. The topological polar surface area (TPSA) is 81.3 Å². The molecule has 2 heterocycles. The van der Waals surface area contributed by atoms with Gasteiger partial charge in [0.2, 0.25) is 11.8 Å². The third-order valence-corrected chi connectivity index (χ3v) is 3.81. The molecule has 21 heavy (non-hydrogen) atoms. The molecule has 1 aromatic heterocycles. The van der Waals surface area contributed by atoms with Gasteiger partial charge in [0.25, 0.3) is 0 Å². The average molecular weight is 288 g/mol. The zero-order valence-corrected chi connectivity index (χ0v) is 11.9. The van der Waals surface area contributed by atoms with Gasteiger partial charge < -0.3 is 4.42 Å². The van der Waals surface area contributed by atoms with Crippen molar-refractivity contribution in [1.29, 1.82) is 0 Å². The minimum absolute atomic E-state index is 0.203. The van der Waals surface area contributed by atoms with Crippen molar-refractivity contribution in [3.63, 3.8) is 0 Å². The van der Waals surface area contributed by atoms with Crippen LogP contribution in [0.4, 0.5) is 0 Å². The van der Waals surface area contributed by atoms with E-state index in [2.05, 4.69) is 5.32 Å². The number of amides is 2. The summed E-state index contributed by atoms with van der Waals surface area (Å²) in [4.78, 5) is 35.4. The van der Waals surface area contributed by atoms with E-state index in [-0.39, 0.29) is 18.2 Å². The molecule has 0 unspecified atom stereocenters. The summed E-state index contributed by atoms with van der Waals surface area (Å²) in [5.74, 6) is -1.12. The van der Waals surface area contributed by atoms with Gasteiger partial charge in [-0.25, -0.2) is 4.79 Å². The quantitative estimate of drug-likeness (QED) is 0.853. The second-order valence-electron chi connectivity index (χ2n) is 5.56. The number of imide groups is 1. The van der Waals surface area contributed by atoms with Crippen LogP contribution in [0.1, 0.15) is 44.2 Å². The van der Waals surface area contributed by atoms with Crippen molar-refractivity contribution in [2.45, 2.75) is 38.6 Å². The number of para-hydroxylation sites is 1. The van der Waals surface area contributed by atoms with E-state index >= 15 is 0 Å². The van der Waals surface area contributed by atoms with Crippen LogP contribution in [0.3, 0.4) is 0 Å². The van der Waals surface area contributed by atoms with Gasteiger partial charge in [-0.15, -0.1) is 0 Å². The van der Waals surface area contributed by atoms with E-state index < -0.39 is 17.7 Å². The highest BCUT2D eigenvalue weighted by Gasteiger charge is 2.31. The number of hydrogen-bond donors (Lipinski definition) is 1. The molecule has 1 atom stereocenters. The molecule has 0 saturated carbocycles. The normalized spacial score (nSPS) is 19.3. The monoisotopic (exact) mass is 288 g/mol. The molecule has 1 aliphatic heterocycles. The minimum Gasteiger partial charge on any atom is -0.407 e. The maximum atomic E-state index is 12.2. The number of carbonyl (C=O) groups is 2. The first-order chi connectivity index (χ1) is 9.99. The number of hydrogen-bond acceptors (Lipinski definition) is 4. The van der Waals surface area contributed by atoms with Crippen molar-refractivity contribution in [3.05, 3.63) is 34.3 Å². The van der Waals surface area contributed by atoms with Crippen molar-refractivity contribution in [2.75, 3.05) is 0 Å². The summed E-state index contributed by atoms with van der Waals surface area (Å²) >= 11 is 0. The fraction of sp³-hybridized carbons (Fsp3) is 0.400. The Labute approximate surface area is 120 Å². The Kier molecular flexibility index (Phi) is 3.16. The van der Waals surface area contributed by atoms with Gasteiger partial charge in [0.05, 0.1) is 5.52 Å². The predicted octanol–water partition coefficient (Wildman–Crippen LogP) is 1.70. The van der Waals surface area contributed by atoms with Gasteiger partial charge in [-0.05, 0) is 24.0 Å². The molecular formula is C15H16N2O4. The maximum absolute atomic E-state index is 12.2. The molecule has 6 heteroatoms. The lowest BCUT2D eigenvalue weighted by Gasteiger charge is -2.21. The number of oxazole rings is 1. The molecule has 0 aliphatic carbocycles. The molecule has 6 nitrogen and oxygen atoms in total. The van der Waals surface area contributed by atoms with Crippen molar-refractivity contribution in [3.8, 4) is 0 Å². The minimum atomic E-state index is -0.695. The van der Waals surface area contributed by atoms with E-state index in [1.165, 1.54) is 4.57 Å². The van der Waals surface area contributed by atoms with Gasteiger partial charge in [0, 0.05) is 6.42 Å². The summed E-state index contributed by atoms with van der Waals surface area (Å²) in [5, 5.41) is 2.27. The number of fused-ring (bicyclic) bond motifs is 1. The van der Waals surface area contributed by atoms with E-state index in [1.807, 2.05) is 26.0 Å². The van der Waals surface area contributed by atoms with E-state index in [4.69, 9.17) is 4.42 Å². The SMILES string of the molecule is CC(C)c1cccc2c1oc(=O)n2[C@H]1CCC(=O)NC1=O. The van der Waals surface area contributed by atoms with Crippen LogP contribution in [0.25, 0.3) is 11.1 Å². The molecule has 0 radical (unpaired) electrons. The van der Waals surface area contributed by atoms with Gasteiger partial charge in [-0.2, -0.15) is 0 Å². The van der Waals surface area contributed by atoms with Gasteiger partial charge in [-0.3, -0.25) is 19.5 Å². The van der Waals surface area contributed by atoms with Crippen LogP contribution >= 0.6 is 0 Å². The van der Waals surface area contributed by atoms with E-state index in [9.17, 15) is 14.4 Å². The van der Waals surface area contributed by atoms with Crippen molar-refractivity contribution in [2.24, 2.45) is 0 Å². The summed E-state index contributed by atoms with van der Waals surface area (Å²) < 4.78 is 6.71. The first kappa shape index (κ1) is 13.6. The van der Waals surface area contributed by atoms with Crippen LogP contribution < -0.4 is 11.1 Å². The molecule has 2 aromatic rings. The fourth-order valence-electron chi connectivity index (χ4n) is 2.76. The van der Waals surface area contributed by atoms with Gasteiger partial charge in [0.1, 0.15) is 6.04 Å². The van der Waals surface area contributed by atoms with Crippen molar-refractivity contribution < 1.29 is 14.0 Å². The highest BCUT2D eigenvalue weighted by molar-refractivity contribution is 6.00. The average Bonchev–Trinajstić information content (AvgIpc) is 2.74. The Morgan fingerprint density at radius 1 is 1.29 bits per heavy atom. The van der Waals surface area contributed by atoms with Crippen molar-refractivity contribution >= 4 is 22.9 Å². The van der Waals surface area contributed by atoms with Crippen LogP contribution in [0.2, 0.25) is 0 Å². The number of benzene rings is 1. The Balaban J connectivity index is 2.18. The number of rotatable bonds is 2. The highest BCUT2D eigenvalue weighted by Crippen LogP contribution is 2.28. The summed E-state index contributed by atoms with van der Waals surface area (Å²) in [5.41, 5.74) is 2.04. The van der Waals surface area contributed by atoms with Crippen LogP contribution in [0.15, 0.2) is 27.4 Å². The Hall–Kier alpha value is -2.37. The summed E-state index contributed by atoms with van der Waals surface area (Å²) in [7, 11) is 0. The molecule has 0 bridgehead atoms. The van der Waals surface area contributed by atoms with Crippen LogP contribution in [0, 0.1) is 0 Å². The first-order valence-electron chi connectivity index (χ1n) is 6.96. The summed E-state index contributed by atoms with van der Waals surface area (Å²) in [6.07, 6.45) is 0.532. The summed E-state index contributed by atoms with van der Waals surface area (Å²) in [6, 6.07) is 4.81. The molecule has 1 aliphatic rings. The molecule has 3 rings (SSSR count). The Bertz CT molecular complexity index is 785. The standard InChI is InChI=1S/C15H16N2O4/c1-8(2)9-4-3-5-10-13(9)21-15(20)17(10)11-6-7-12(18)16-14(11)19/h3-5,8,11H,6-7H2,1-2H3,(H,16,18,19)/t11-/m0/s1. The molecule has 1 fully saturated rings. The lowest BCUT2D eigenvalue weighted by Crippen LogP contribution is -2.43. The second kappa shape index (κ2) is 4.87. The van der Waals surface area contributed by atoms with Gasteiger partial charge in [-0.1, -0.05) is 26.0 Å². The van der Waals surface area contributed by atoms with E-state index in [1.54, 1.807) is 6.07 Å². The zero-order valence-electron chi connectivity index (χ0n) is 11.9. The molecule has 2 amide bonds. The lowest BCUT2D eigenvalue weighted by molar-refractivity contribution is -0.135. The second-order valence-corrected chi connectivity index (χ2v) is 5.56.